The molecule has 2 N–H and O–H groups in total. The van der Waals surface area contributed by atoms with Gasteiger partial charge < -0.3 is 24.6 Å². The molecule has 5 aromatic rings. The van der Waals surface area contributed by atoms with Crippen LogP contribution >= 0.6 is 0 Å². The maximum Gasteiger partial charge on any atom is 0.178 e. The van der Waals surface area contributed by atoms with Crippen LogP contribution in [0.3, 0.4) is 0 Å². The summed E-state index contributed by atoms with van der Waals surface area (Å²) < 4.78 is 13.3. The van der Waals surface area contributed by atoms with E-state index in [9.17, 15) is 0 Å². The number of anilines is 1. The van der Waals surface area contributed by atoms with Crippen LogP contribution in [0.25, 0.3) is 33.3 Å². The summed E-state index contributed by atoms with van der Waals surface area (Å²) in [5.74, 6) is 1.77. The monoisotopic (exact) mass is 461 g/mol. The number of hydrogen-bond donors (Lipinski definition) is 1. The predicted octanol–water partition coefficient (Wildman–Crippen LogP) is 5.12. The number of aromatic nitrogens is 4. The third-order valence-corrected chi connectivity index (χ3v) is 4.72. The van der Waals surface area contributed by atoms with E-state index in [1.807, 2.05) is 89.9 Å². The van der Waals surface area contributed by atoms with E-state index in [0.29, 0.717) is 28.5 Å². The molecule has 2 aromatic carbocycles. The highest BCUT2D eigenvalue weighted by molar-refractivity contribution is 5.98. The van der Waals surface area contributed by atoms with Crippen LogP contribution in [0.4, 0.5) is 5.82 Å². The van der Waals surface area contributed by atoms with Crippen molar-refractivity contribution in [3.8, 4) is 22.8 Å². The topological polar surface area (TPSA) is 126 Å². The predicted molar refractivity (Wildman–Crippen MR) is 133 cm³/mol. The molecule has 0 saturated carbocycles. The zero-order chi connectivity index (χ0) is 25.3. The molecule has 0 bridgehead atoms. The van der Waals surface area contributed by atoms with Gasteiger partial charge in [-0.1, -0.05) is 42.8 Å². The molecule has 0 aliphatic carbocycles. The third-order valence-electron chi connectivity index (χ3n) is 4.72. The molecule has 9 heteroatoms. The summed E-state index contributed by atoms with van der Waals surface area (Å²) in [7, 11) is 1.85. The summed E-state index contributed by atoms with van der Waals surface area (Å²) in [4.78, 5) is 20.8. The number of nitrogen functional groups attached to an aromatic ring is 1. The quantitative estimate of drug-likeness (QED) is 0.392. The molecule has 9 nitrogen and oxygen atoms in total. The lowest BCUT2D eigenvalue weighted by Crippen LogP contribution is -1.95. The van der Waals surface area contributed by atoms with Crippen LogP contribution < -0.4 is 10.5 Å². The molecule has 0 spiro atoms. The Kier molecular flexibility index (Phi) is 9.01. The molecule has 176 valence electrons. The first-order chi connectivity index (χ1) is 16.6. The van der Waals surface area contributed by atoms with E-state index >= 15 is 0 Å². The fourth-order valence-electron chi connectivity index (χ4n) is 3.22. The number of benzene rings is 2. The van der Waals surface area contributed by atoms with Gasteiger partial charge in [0.05, 0.1) is 22.7 Å². The van der Waals surface area contributed by atoms with Crippen molar-refractivity contribution < 1.29 is 18.8 Å². The van der Waals surface area contributed by atoms with Crippen molar-refractivity contribution in [2.45, 2.75) is 20.8 Å². The van der Waals surface area contributed by atoms with Gasteiger partial charge >= 0.3 is 0 Å². The van der Waals surface area contributed by atoms with Crippen molar-refractivity contribution in [1.82, 2.24) is 19.9 Å². The summed E-state index contributed by atoms with van der Waals surface area (Å²) in [5, 5.41) is 9.79. The molecule has 0 aliphatic rings. The number of aryl methyl sites for hydroxylation is 2. The summed E-state index contributed by atoms with van der Waals surface area (Å²) in [6, 6.07) is 15.5. The Labute approximate surface area is 197 Å². The number of para-hydroxylation sites is 1. The van der Waals surface area contributed by atoms with Crippen LogP contribution in [0.5, 0.6) is 11.5 Å². The zero-order valence-electron chi connectivity index (χ0n) is 19.6. The number of nitrogens with zero attached hydrogens (tertiary/aromatic N) is 4. The van der Waals surface area contributed by atoms with Crippen LogP contribution in [0.1, 0.15) is 19.4 Å². The van der Waals surface area contributed by atoms with Crippen molar-refractivity contribution >= 4 is 41.4 Å². The normalized spacial score (nSPS) is 9.76. The fourth-order valence-corrected chi connectivity index (χ4v) is 3.22. The largest absolute Gasteiger partial charge is 0.456 e. The van der Waals surface area contributed by atoms with Crippen molar-refractivity contribution in [1.29, 1.82) is 0 Å². The smallest absolute Gasteiger partial charge is 0.178 e. The first-order valence-corrected chi connectivity index (χ1v) is 10.4. The van der Waals surface area contributed by atoms with Gasteiger partial charge in [0.25, 0.3) is 0 Å². The molecule has 3 aromatic heterocycles. The molecule has 0 saturated heterocycles. The second-order valence-electron chi connectivity index (χ2n) is 6.68. The Morgan fingerprint density at radius 3 is 2.35 bits per heavy atom. The summed E-state index contributed by atoms with van der Waals surface area (Å²) in [6.07, 6.45) is 1.75. The van der Waals surface area contributed by atoms with Gasteiger partial charge in [-0.15, -0.1) is 0 Å². The molecule has 0 aliphatic heterocycles. The van der Waals surface area contributed by atoms with Gasteiger partial charge in [0, 0.05) is 18.7 Å². The molecule has 0 unspecified atom stereocenters. The number of carbonyl (C=O) groups is 2. The SMILES string of the molecule is C=O.C=O.CC.Cc1ccc(Oc2cc(-c3cccc4c(N)noc34)nc3c2cnn3C)cc1. The Hall–Kier alpha value is -4.53. The van der Waals surface area contributed by atoms with Crippen LogP contribution in [0.15, 0.2) is 59.3 Å². The average Bonchev–Trinajstić information content (AvgIpc) is 3.47. The first kappa shape index (κ1) is 25.7. The number of nitrogens with two attached hydrogens (primary N) is 1. The summed E-state index contributed by atoms with van der Waals surface area (Å²) >= 11 is 0. The van der Waals surface area contributed by atoms with Crippen LogP contribution in [0, 0.1) is 6.92 Å². The van der Waals surface area contributed by atoms with Gasteiger partial charge in [-0.05, 0) is 31.2 Å². The van der Waals surface area contributed by atoms with Gasteiger partial charge in [0.2, 0.25) is 0 Å². The van der Waals surface area contributed by atoms with Gasteiger partial charge in [-0.3, -0.25) is 4.68 Å². The van der Waals surface area contributed by atoms with Gasteiger partial charge in [0.15, 0.2) is 17.0 Å². The van der Waals surface area contributed by atoms with E-state index in [-0.39, 0.29) is 0 Å². The highest BCUT2D eigenvalue weighted by atomic mass is 16.5. The van der Waals surface area contributed by atoms with Gasteiger partial charge in [-0.25, -0.2) is 4.98 Å². The lowest BCUT2D eigenvalue weighted by molar-refractivity contribution is -0.0987. The zero-order valence-corrected chi connectivity index (χ0v) is 19.6. The molecule has 0 fully saturated rings. The van der Waals surface area contributed by atoms with Crippen LogP contribution in [-0.4, -0.2) is 33.5 Å². The van der Waals surface area contributed by atoms with Crippen LogP contribution in [-0.2, 0) is 16.6 Å². The van der Waals surface area contributed by atoms with Gasteiger partial charge in [0.1, 0.15) is 25.1 Å². The Bertz CT molecular complexity index is 1360. The molecule has 34 heavy (non-hydrogen) atoms. The number of ether oxygens (including phenoxy) is 1. The lowest BCUT2D eigenvalue weighted by atomic mass is 10.1. The number of rotatable bonds is 3. The van der Waals surface area contributed by atoms with E-state index in [1.165, 1.54) is 5.56 Å². The number of hydrogen-bond acceptors (Lipinski definition) is 8. The van der Waals surface area contributed by atoms with E-state index in [2.05, 4.69) is 10.3 Å². The molecule has 3 heterocycles. The minimum absolute atomic E-state index is 0.356. The number of pyridine rings is 1. The minimum atomic E-state index is 0.356. The first-order valence-electron chi connectivity index (χ1n) is 10.4. The minimum Gasteiger partial charge on any atom is -0.456 e. The van der Waals surface area contributed by atoms with E-state index < -0.39 is 0 Å². The maximum atomic E-state index is 8.00. The molecule has 0 radical (unpaired) electrons. The highest BCUT2D eigenvalue weighted by Crippen LogP contribution is 2.36. The third kappa shape index (κ3) is 5.09. The van der Waals surface area contributed by atoms with E-state index in [4.69, 9.17) is 29.6 Å². The second-order valence-corrected chi connectivity index (χ2v) is 6.68. The molecular formula is C25H27N5O4. The lowest BCUT2D eigenvalue weighted by Gasteiger charge is -2.10. The Balaban J connectivity index is 0.000000633. The number of fused-ring (bicyclic) bond motifs is 2. The molecule has 0 amide bonds. The average molecular weight is 462 g/mol. The van der Waals surface area contributed by atoms with E-state index in [1.54, 1.807) is 10.9 Å². The number of carbonyl (C=O) groups excluding carboxylic acids is 2. The van der Waals surface area contributed by atoms with Crippen LogP contribution in [0.2, 0.25) is 0 Å². The summed E-state index contributed by atoms with van der Waals surface area (Å²) in [5.41, 5.74) is 9.86. The molecular weight excluding hydrogens is 434 g/mol. The van der Waals surface area contributed by atoms with Crippen molar-refractivity contribution in [2.24, 2.45) is 7.05 Å². The van der Waals surface area contributed by atoms with Crippen molar-refractivity contribution in [3.63, 3.8) is 0 Å². The highest BCUT2D eigenvalue weighted by Gasteiger charge is 2.17. The van der Waals surface area contributed by atoms with Crippen molar-refractivity contribution in [3.05, 3.63) is 60.3 Å². The van der Waals surface area contributed by atoms with Gasteiger partial charge in [-0.2, -0.15) is 5.10 Å². The molecule has 5 rings (SSSR count). The van der Waals surface area contributed by atoms with Crippen molar-refractivity contribution in [2.75, 3.05) is 5.73 Å². The Morgan fingerprint density at radius 2 is 1.68 bits per heavy atom. The second kappa shape index (κ2) is 11.9. The summed E-state index contributed by atoms with van der Waals surface area (Å²) in [6.45, 7) is 10.0. The fraction of sp³-hybridized carbons (Fsp3) is 0.160. The Morgan fingerprint density at radius 1 is 1.00 bits per heavy atom. The van der Waals surface area contributed by atoms with E-state index in [0.717, 1.165) is 22.1 Å². The standard InChI is InChI=1S/C21H17N5O2.C2H6.2CH2O/c1-12-6-8-13(9-7-12)27-18-10-17(24-21-16(18)11-23-26(21)2)14-4-3-5-15-19(14)28-25-20(15)22;3*1-2/h3-11H,1-2H3,(H2,22,25);1-2H3;2*1H2. The molecule has 0 atom stereocenters. The maximum absolute atomic E-state index is 8.00.